The van der Waals surface area contributed by atoms with Gasteiger partial charge in [0.05, 0.1) is 12.1 Å². The van der Waals surface area contributed by atoms with Gasteiger partial charge in [0.1, 0.15) is 17.1 Å². The number of pyridine rings is 1. The Balaban J connectivity index is 3.34. The number of alkyl halides is 3. The average Bonchev–Trinajstić information content (AvgIpc) is 2.14. The Kier molecular flexibility index (Phi) is 3.27. The van der Waals surface area contributed by atoms with Gasteiger partial charge >= 0.3 is 12.1 Å². The molecule has 16 heavy (non-hydrogen) atoms. The number of nitrogen functional groups attached to an aromatic ring is 1. The van der Waals surface area contributed by atoms with Crippen molar-refractivity contribution in [3.8, 4) is 0 Å². The van der Waals surface area contributed by atoms with E-state index in [4.69, 9.17) is 17.3 Å². The largest absolute Gasteiger partial charge is 0.465 e. The topological polar surface area (TPSA) is 65.2 Å². The average molecular weight is 255 g/mol. The van der Waals surface area contributed by atoms with E-state index in [0.717, 1.165) is 7.11 Å². The van der Waals surface area contributed by atoms with Crippen molar-refractivity contribution in [2.75, 3.05) is 12.8 Å². The van der Waals surface area contributed by atoms with Crippen LogP contribution in [0.5, 0.6) is 0 Å². The molecule has 88 valence electrons. The second-order valence-electron chi connectivity index (χ2n) is 2.74. The predicted octanol–water partition coefficient (Wildman–Crippen LogP) is 2.12. The number of nitrogens with zero attached hydrogens (tertiary/aromatic N) is 1. The number of rotatable bonds is 1. The van der Waals surface area contributed by atoms with Crippen molar-refractivity contribution in [3.63, 3.8) is 0 Å². The molecule has 0 spiro atoms. The first-order chi connectivity index (χ1) is 7.27. The molecular weight excluding hydrogens is 249 g/mol. The number of methoxy groups -OCH3 is 1. The summed E-state index contributed by atoms with van der Waals surface area (Å²) < 4.78 is 41.1. The van der Waals surface area contributed by atoms with Crippen molar-refractivity contribution in [2.45, 2.75) is 6.18 Å². The Morgan fingerprint density at radius 1 is 1.56 bits per heavy atom. The maximum atomic E-state index is 12.3. The first-order valence-corrected chi connectivity index (χ1v) is 4.26. The molecule has 0 saturated heterocycles. The van der Waals surface area contributed by atoms with E-state index in [2.05, 4.69) is 9.72 Å². The molecule has 0 aliphatic rings. The minimum Gasteiger partial charge on any atom is -0.465 e. The highest BCUT2D eigenvalue weighted by atomic mass is 35.5. The first-order valence-electron chi connectivity index (χ1n) is 3.89. The summed E-state index contributed by atoms with van der Waals surface area (Å²) in [6.45, 7) is 0. The lowest BCUT2D eigenvalue weighted by molar-refractivity contribution is -0.141. The number of esters is 1. The fraction of sp³-hybridized carbons (Fsp3) is 0.250. The summed E-state index contributed by atoms with van der Waals surface area (Å²) in [4.78, 5) is 14.1. The van der Waals surface area contributed by atoms with Crippen LogP contribution in [-0.2, 0) is 10.9 Å². The van der Waals surface area contributed by atoms with Gasteiger partial charge in [0.15, 0.2) is 0 Å². The quantitative estimate of drug-likeness (QED) is 0.780. The van der Waals surface area contributed by atoms with Crippen molar-refractivity contribution in [2.24, 2.45) is 0 Å². The molecule has 0 atom stereocenters. The Morgan fingerprint density at radius 3 is 2.50 bits per heavy atom. The van der Waals surface area contributed by atoms with Gasteiger partial charge in [0.25, 0.3) is 0 Å². The van der Waals surface area contributed by atoms with Crippen LogP contribution >= 0.6 is 11.6 Å². The number of aromatic nitrogens is 1. The van der Waals surface area contributed by atoms with Crippen LogP contribution in [0, 0.1) is 0 Å². The van der Waals surface area contributed by atoms with Crippen LogP contribution in [-0.4, -0.2) is 18.1 Å². The van der Waals surface area contributed by atoms with Crippen LogP contribution in [0.15, 0.2) is 6.07 Å². The highest BCUT2D eigenvalue weighted by molar-refractivity contribution is 6.34. The van der Waals surface area contributed by atoms with Crippen molar-refractivity contribution in [1.29, 1.82) is 0 Å². The van der Waals surface area contributed by atoms with Gasteiger partial charge in [-0.1, -0.05) is 11.6 Å². The molecule has 0 aliphatic carbocycles. The van der Waals surface area contributed by atoms with E-state index >= 15 is 0 Å². The summed E-state index contributed by atoms with van der Waals surface area (Å²) in [5.41, 5.74) is 3.56. The summed E-state index contributed by atoms with van der Waals surface area (Å²) in [7, 11) is 1.05. The van der Waals surface area contributed by atoms with Gasteiger partial charge in [0, 0.05) is 0 Å². The Morgan fingerprint density at radius 2 is 2.12 bits per heavy atom. The van der Waals surface area contributed by atoms with Gasteiger partial charge in [-0.3, -0.25) is 0 Å². The molecule has 8 heteroatoms. The van der Waals surface area contributed by atoms with Crippen molar-refractivity contribution in [1.82, 2.24) is 4.98 Å². The van der Waals surface area contributed by atoms with Crippen LogP contribution in [0.1, 0.15) is 16.1 Å². The molecule has 0 amide bonds. The monoisotopic (exact) mass is 254 g/mol. The third-order valence-electron chi connectivity index (χ3n) is 1.68. The number of hydrogen-bond acceptors (Lipinski definition) is 4. The van der Waals surface area contributed by atoms with Crippen molar-refractivity contribution >= 4 is 23.4 Å². The lowest BCUT2D eigenvalue weighted by Gasteiger charge is -2.10. The molecule has 0 radical (unpaired) electrons. The molecule has 0 bridgehead atoms. The number of nitrogens with two attached hydrogens (primary N) is 1. The molecule has 0 fully saturated rings. The summed E-state index contributed by atoms with van der Waals surface area (Å²) in [5.74, 6) is -1.56. The lowest BCUT2D eigenvalue weighted by Crippen LogP contribution is -2.14. The maximum absolute atomic E-state index is 12.3. The van der Waals surface area contributed by atoms with Crippen molar-refractivity contribution < 1.29 is 22.7 Å². The third-order valence-corrected chi connectivity index (χ3v) is 1.98. The molecule has 1 heterocycles. The summed E-state index contributed by atoms with van der Waals surface area (Å²) in [5, 5.41) is -0.452. The van der Waals surface area contributed by atoms with Crippen molar-refractivity contribution in [3.05, 3.63) is 22.3 Å². The number of anilines is 1. The Labute approximate surface area is 93.2 Å². The number of halogens is 4. The van der Waals surface area contributed by atoms with Crippen LogP contribution in [0.3, 0.4) is 0 Å². The Hall–Kier alpha value is -1.50. The Bertz CT molecular complexity index is 411. The van der Waals surface area contributed by atoms with Gasteiger partial charge < -0.3 is 10.5 Å². The fourth-order valence-electron chi connectivity index (χ4n) is 0.982. The van der Waals surface area contributed by atoms with E-state index in [1.54, 1.807) is 0 Å². The number of ether oxygens (including phenoxy) is 1. The number of carbonyl (C=O) groups is 1. The molecule has 4 nitrogen and oxygen atoms in total. The second-order valence-corrected chi connectivity index (χ2v) is 3.15. The number of hydrogen-bond donors (Lipinski definition) is 1. The van der Waals surface area contributed by atoms with Crippen LogP contribution < -0.4 is 5.73 Å². The molecule has 1 aromatic heterocycles. The zero-order valence-corrected chi connectivity index (χ0v) is 8.69. The highest BCUT2D eigenvalue weighted by Crippen LogP contribution is 2.32. The molecule has 2 N–H and O–H groups in total. The smallest absolute Gasteiger partial charge is 0.433 e. The molecule has 1 aromatic rings. The van der Waals surface area contributed by atoms with Gasteiger partial charge in [-0.05, 0) is 6.07 Å². The predicted molar refractivity (Wildman–Crippen MR) is 50.0 cm³/mol. The molecule has 1 rings (SSSR count). The molecule has 0 saturated carbocycles. The zero-order valence-electron chi connectivity index (χ0n) is 7.93. The van der Waals surface area contributed by atoms with Crippen LogP contribution in [0.25, 0.3) is 0 Å². The SMILES string of the molecule is COC(=O)c1c(Cl)cc(C(F)(F)F)nc1N. The third kappa shape index (κ3) is 2.35. The van der Waals surface area contributed by atoms with Gasteiger partial charge in [-0.2, -0.15) is 13.2 Å². The number of carbonyl (C=O) groups excluding carboxylic acids is 1. The van der Waals surface area contributed by atoms with E-state index in [9.17, 15) is 18.0 Å². The van der Waals surface area contributed by atoms with Gasteiger partial charge in [-0.25, -0.2) is 9.78 Å². The maximum Gasteiger partial charge on any atom is 0.433 e. The van der Waals surface area contributed by atoms with E-state index in [0.29, 0.717) is 6.07 Å². The zero-order chi connectivity index (χ0) is 12.5. The standard InChI is InChI=1S/C8H6ClF3N2O2/c1-16-7(15)5-3(9)2-4(8(10,11)12)14-6(5)13/h2H,1H3,(H2,13,14). The normalized spacial score (nSPS) is 11.3. The van der Waals surface area contributed by atoms with E-state index in [1.165, 1.54) is 0 Å². The minimum atomic E-state index is -4.67. The highest BCUT2D eigenvalue weighted by Gasteiger charge is 2.34. The second kappa shape index (κ2) is 4.17. The molecule has 0 unspecified atom stereocenters. The van der Waals surface area contributed by atoms with Gasteiger partial charge in [0.2, 0.25) is 0 Å². The molecule has 0 aromatic carbocycles. The minimum absolute atomic E-state index is 0.378. The first kappa shape index (κ1) is 12.6. The van der Waals surface area contributed by atoms with Crippen LogP contribution in [0.4, 0.5) is 19.0 Å². The van der Waals surface area contributed by atoms with Gasteiger partial charge in [-0.15, -0.1) is 0 Å². The fourth-order valence-corrected chi connectivity index (χ4v) is 1.26. The summed E-state index contributed by atoms with van der Waals surface area (Å²) >= 11 is 5.49. The summed E-state index contributed by atoms with van der Waals surface area (Å²) in [6, 6.07) is 0.518. The van der Waals surface area contributed by atoms with E-state index in [1.807, 2.05) is 0 Å². The molecular formula is C8H6ClF3N2O2. The molecule has 0 aliphatic heterocycles. The van der Waals surface area contributed by atoms with E-state index < -0.39 is 28.7 Å². The van der Waals surface area contributed by atoms with E-state index in [-0.39, 0.29) is 5.56 Å². The summed E-state index contributed by atoms with van der Waals surface area (Å²) in [6.07, 6.45) is -4.67. The van der Waals surface area contributed by atoms with Crippen LogP contribution in [0.2, 0.25) is 5.02 Å². The lowest BCUT2D eigenvalue weighted by atomic mass is 10.2.